The SMILES string of the molecule is CC(C)c1c2c(c(-c3ccc(F)cc3)n1CC[C@H]1C[C@H](O)CC(=O)O1)CN(C)C2. The molecule has 1 N–H and O–H groups in total. The molecule has 29 heavy (non-hydrogen) atoms. The maximum absolute atomic E-state index is 13.5. The van der Waals surface area contributed by atoms with Crippen molar-refractivity contribution in [2.45, 2.75) is 70.9 Å². The van der Waals surface area contributed by atoms with Crippen molar-refractivity contribution in [3.8, 4) is 11.3 Å². The zero-order valence-electron chi connectivity index (χ0n) is 17.3. The third kappa shape index (κ3) is 3.96. The number of rotatable bonds is 5. The number of fused-ring (bicyclic) bond motifs is 1. The summed E-state index contributed by atoms with van der Waals surface area (Å²) in [5.74, 6) is -0.232. The molecule has 5 nitrogen and oxygen atoms in total. The van der Waals surface area contributed by atoms with Crippen molar-refractivity contribution < 1.29 is 19.0 Å². The van der Waals surface area contributed by atoms with Crippen molar-refractivity contribution in [2.75, 3.05) is 7.05 Å². The van der Waals surface area contributed by atoms with Gasteiger partial charge in [-0.25, -0.2) is 4.39 Å². The lowest BCUT2D eigenvalue weighted by molar-refractivity contribution is -0.160. The van der Waals surface area contributed by atoms with E-state index in [2.05, 4.69) is 30.4 Å². The van der Waals surface area contributed by atoms with Crippen molar-refractivity contribution in [1.82, 2.24) is 9.47 Å². The Morgan fingerprint density at radius 2 is 1.90 bits per heavy atom. The number of carbonyl (C=O) groups excluding carboxylic acids is 1. The molecule has 0 unspecified atom stereocenters. The number of carbonyl (C=O) groups is 1. The number of hydrogen-bond donors (Lipinski definition) is 1. The van der Waals surface area contributed by atoms with Gasteiger partial charge < -0.3 is 14.4 Å². The van der Waals surface area contributed by atoms with Crippen LogP contribution in [0.15, 0.2) is 24.3 Å². The standard InChI is InChI=1S/C23H29FN2O3/c1-14(2)22-19-12-25(3)13-20(19)23(15-4-6-16(24)7-5-15)26(22)9-8-18-10-17(27)11-21(28)29-18/h4-7,14,17-18,27H,8-13H2,1-3H3/t17-,18-/m0/s1. The van der Waals surface area contributed by atoms with E-state index < -0.39 is 6.10 Å². The number of aliphatic hydroxyl groups excluding tert-OH is 1. The highest BCUT2D eigenvalue weighted by atomic mass is 19.1. The predicted molar refractivity (Wildman–Crippen MR) is 109 cm³/mol. The first-order valence-corrected chi connectivity index (χ1v) is 10.4. The van der Waals surface area contributed by atoms with E-state index in [1.165, 1.54) is 29.0 Å². The average Bonchev–Trinajstić information content (AvgIpc) is 3.14. The summed E-state index contributed by atoms with van der Waals surface area (Å²) in [6, 6.07) is 6.70. The fourth-order valence-corrected chi connectivity index (χ4v) is 4.83. The van der Waals surface area contributed by atoms with E-state index in [4.69, 9.17) is 4.74 Å². The zero-order chi connectivity index (χ0) is 20.7. The van der Waals surface area contributed by atoms with Gasteiger partial charge in [0.05, 0.1) is 18.2 Å². The van der Waals surface area contributed by atoms with Gasteiger partial charge in [-0.15, -0.1) is 0 Å². The molecule has 156 valence electrons. The normalized spacial score (nSPS) is 22.2. The maximum Gasteiger partial charge on any atom is 0.308 e. The molecule has 6 heteroatoms. The Labute approximate surface area is 171 Å². The van der Waals surface area contributed by atoms with Crippen LogP contribution < -0.4 is 0 Å². The average molecular weight is 400 g/mol. The van der Waals surface area contributed by atoms with Gasteiger partial charge in [0.15, 0.2) is 0 Å². The fraction of sp³-hybridized carbons (Fsp3) is 0.522. The molecular formula is C23H29FN2O3. The first kappa shape index (κ1) is 20.1. The molecule has 2 atom stereocenters. The van der Waals surface area contributed by atoms with Crippen LogP contribution in [0, 0.1) is 5.82 Å². The molecule has 0 radical (unpaired) electrons. The minimum atomic E-state index is -0.620. The Morgan fingerprint density at radius 3 is 2.55 bits per heavy atom. The van der Waals surface area contributed by atoms with Crippen molar-refractivity contribution in [3.63, 3.8) is 0 Å². The molecule has 1 aromatic carbocycles. The monoisotopic (exact) mass is 400 g/mol. The summed E-state index contributed by atoms with van der Waals surface area (Å²) in [5.41, 5.74) is 6.11. The lowest BCUT2D eigenvalue weighted by Crippen LogP contribution is -2.33. The summed E-state index contributed by atoms with van der Waals surface area (Å²) >= 11 is 0. The van der Waals surface area contributed by atoms with Crippen LogP contribution in [0.4, 0.5) is 4.39 Å². The second kappa shape index (κ2) is 7.92. The third-order valence-corrected chi connectivity index (χ3v) is 5.95. The van der Waals surface area contributed by atoms with Crippen LogP contribution in [-0.2, 0) is 29.2 Å². The lowest BCUT2D eigenvalue weighted by atomic mass is 10.0. The van der Waals surface area contributed by atoms with Crippen LogP contribution >= 0.6 is 0 Å². The third-order valence-electron chi connectivity index (χ3n) is 5.95. The number of aromatic nitrogens is 1. The quantitative estimate of drug-likeness (QED) is 0.776. The van der Waals surface area contributed by atoms with E-state index >= 15 is 0 Å². The van der Waals surface area contributed by atoms with Crippen LogP contribution in [0.5, 0.6) is 0 Å². The van der Waals surface area contributed by atoms with Crippen LogP contribution in [0.25, 0.3) is 11.3 Å². The maximum atomic E-state index is 13.5. The van der Waals surface area contributed by atoms with Crippen molar-refractivity contribution in [3.05, 3.63) is 46.9 Å². The Bertz CT molecular complexity index is 904. The number of nitrogens with zero attached hydrogens (tertiary/aromatic N) is 2. The summed E-state index contributed by atoms with van der Waals surface area (Å²) in [4.78, 5) is 14.0. The molecule has 1 aromatic heterocycles. The van der Waals surface area contributed by atoms with Gasteiger partial charge in [0.25, 0.3) is 0 Å². The highest BCUT2D eigenvalue weighted by molar-refractivity contribution is 5.71. The van der Waals surface area contributed by atoms with Crippen LogP contribution in [-0.4, -0.2) is 39.8 Å². The van der Waals surface area contributed by atoms with Gasteiger partial charge in [0.2, 0.25) is 0 Å². The van der Waals surface area contributed by atoms with Gasteiger partial charge in [0, 0.05) is 38.2 Å². The molecule has 0 saturated carbocycles. The molecule has 1 fully saturated rings. The van der Waals surface area contributed by atoms with Gasteiger partial charge in [-0.1, -0.05) is 13.8 Å². The first-order valence-electron chi connectivity index (χ1n) is 10.4. The Morgan fingerprint density at radius 1 is 1.21 bits per heavy atom. The summed E-state index contributed by atoms with van der Waals surface area (Å²) in [6.45, 7) is 6.86. The van der Waals surface area contributed by atoms with Crippen molar-refractivity contribution in [2.24, 2.45) is 0 Å². The number of hydrogen-bond acceptors (Lipinski definition) is 4. The van der Waals surface area contributed by atoms with Crippen molar-refractivity contribution in [1.29, 1.82) is 0 Å². The largest absolute Gasteiger partial charge is 0.462 e. The molecule has 4 rings (SSSR count). The van der Waals surface area contributed by atoms with Gasteiger partial charge in [-0.3, -0.25) is 9.69 Å². The predicted octanol–water partition coefficient (Wildman–Crippen LogP) is 3.82. The molecule has 2 aliphatic rings. The second-order valence-corrected chi connectivity index (χ2v) is 8.67. The molecule has 0 bridgehead atoms. The molecule has 3 heterocycles. The highest BCUT2D eigenvalue weighted by Crippen LogP contribution is 2.40. The highest BCUT2D eigenvalue weighted by Gasteiger charge is 2.32. The minimum Gasteiger partial charge on any atom is -0.462 e. The Balaban J connectivity index is 1.72. The fourth-order valence-electron chi connectivity index (χ4n) is 4.83. The van der Waals surface area contributed by atoms with E-state index in [-0.39, 0.29) is 24.3 Å². The number of halogens is 1. The van der Waals surface area contributed by atoms with Gasteiger partial charge >= 0.3 is 5.97 Å². The molecule has 0 aliphatic carbocycles. The molecule has 2 aliphatic heterocycles. The number of cyclic esters (lactones) is 1. The molecule has 0 spiro atoms. The van der Waals surface area contributed by atoms with E-state index in [0.717, 1.165) is 24.3 Å². The molecule has 0 amide bonds. The molecule has 2 aromatic rings. The summed E-state index contributed by atoms with van der Waals surface area (Å²) in [7, 11) is 2.12. The van der Waals surface area contributed by atoms with E-state index in [1.54, 1.807) is 0 Å². The summed E-state index contributed by atoms with van der Waals surface area (Å²) in [5, 5.41) is 9.92. The van der Waals surface area contributed by atoms with Crippen LogP contribution in [0.3, 0.4) is 0 Å². The topological polar surface area (TPSA) is 54.7 Å². The summed E-state index contributed by atoms with van der Waals surface area (Å²) < 4.78 is 21.4. The Hall–Kier alpha value is -2.18. The summed E-state index contributed by atoms with van der Waals surface area (Å²) in [6.07, 6.45) is 0.329. The number of ether oxygens (including phenoxy) is 1. The number of esters is 1. The lowest BCUT2D eigenvalue weighted by Gasteiger charge is -2.27. The molecule has 1 saturated heterocycles. The van der Waals surface area contributed by atoms with E-state index in [0.29, 0.717) is 25.3 Å². The first-order chi connectivity index (χ1) is 13.8. The molecular weight excluding hydrogens is 371 g/mol. The minimum absolute atomic E-state index is 0.0821. The number of aliphatic hydroxyl groups is 1. The zero-order valence-corrected chi connectivity index (χ0v) is 17.3. The van der Waals surface area contributed by atoms with Crippen molar-refractivity contribution >= 4 is 5.97 Å². The van der Waals surface area contributed by atoms with Gasteiger partial charge in [-0.05, 0) is 53.9 Å². The second-order valence-electron chi connectivity index (χ2n) is 8.67. The van der Waals surface area contributed by atoms with Gasteiger partial charge in [-0.2, -0.15) is 0 Å². The van der Waals surface area contributed by atoms with Gasteiger partial charge in [0.1, 0.15) is 11.9 Å². The van der Waals surface area contributed by atoms with Crippen LogP contribution in [0.1, 0.15) is 55.8 Å². The smallest absolute Gasteiger partial charge is 0.308 e. The number of benzene rings is 1. The Kier molecular flexibility index (Phi) is 5.49. The van der Waals surface area contributed by atoms with E-state index in [1.807, 2.05) is 12.1 Å². The van der Waals surface area contributed by atoms with E-state index in [9.17, 15) is 14.3 Å². The van der Waals surface area contributed by atoms with Crippen LogP contribution in [0.2, 0.25) is 0 Å².